The van der Waals surface area contributed by atoms with E-state index in [1.165, 1.54) is 28.9 Å². The molecule has 1 atom stereocenters. The van der Waals surface area contributed by atoms with E-state index in [1.54, 1.807) is 0 Å². The van der Waals surface area contributed by atoms with E-state index in [-0.39, 0.29) is 5.91 Å². The number of nitrogens with two attached hydrogens (primary N) is 1. The van der Waals surface area contributed by atoms with Crippen LogP contribution in [0.4, 0.5) is 11.4 Å². The summed E-state index contributed by atoms with van der Waals surface area (Å²) in [5, 5.41) is 3.88. The molecule has 5 heteroatoms. The third-order valence-electron chi connectivity index (χ3n) is 5.30. The summed E-state index contributed by atoms with van der Waals surface area (Å²) in [6.45, 7) is 6.36. The van der Waals surface area contributed by atoms with Crippen LogP contribution < -0.4 is 11.1 Å². The van der Waals surface area contributed by atoms with Crippen LogP contribution >= 0.6 is 11.3 Å². The Morgan fingerprint density at radius 2 is 2.08 bits per heavy atom. The van der Waals surface area contributed by atoms with Crippen molar-refractivity contribution in [2.24, 2.45) is 5.92 Å². The highest BCUT2D eigenvalue weighted by Crippen LogP contribution is 2.36. The smallest absolute Gasteiger partial charge is 0.267 e. The molecule has 1 aliphatic carbocycles. The number of carbonyl (C=O) groups is 1. The third-order valence-corrected chi connectivity index (χ3v) is 6.42. The second kappa shape index (κ2) is 6.40. The van der Waals surface area contributed by atoms with Gasteiger partial charge in [0.05, 0.1) is 5.69 Å². The number of amides is 1. The second-order valence-corrected chi connectivity index (χ2v) is 8.39. The maximum atomic E-state index is 12.8. The van der Waals surface area contributed by atoms with Crippen molar-refractivity contribution in [3.63, 3.8) is 0 Å². The average Bonchev–Trinajstić information content (AvgIpc) is 2.92. The molecule has 2 heterocycles. The highest BCUT2D eigenvalue weighted by atomic mass is 32.1. The number of aromatic nitrogens is 1. The fourth-order valence-electron chi connectivity index (χ4n) is 3.55. The number of nitrogens with zero attached hydrogens (tertiary/aromatic N) is 1. The molecule has 0 fully saturated rings. The highest BCUT2D eigenvalue weighted by molar-refractivity contribution is 7.21. The number of fused-ring (bicyclic) bond motifs is 2. The predicted molar refractivity (Wildman–Crippen MR) is 109 cm³/mol. The van der Waals surface area contributed by atoms with E-state index in [9.17, 15) is 4.79 Å². The van der Waals surface area contributed by atoms with Crippen LogP contribution in [0.15, 0.2) is 24.3 Å². The van der Waals surface area contributed by atoms with Crippen molar-refractivity contribution >= 4 is 38.8 Å². The Morgan fingerprint density at radius 3 is 2.85 bits per heavy atom. The van der Waals surface area contributed by atoms with Crippen LogP contribution in [0.5, 0.6) is 0 Å². The second-order valence-electron chi connectivity index (χ2n) is 7.39. The zero-order chi connectivity index (χ0) is 18.4. The molecule has 1 unspecified atom stereocenters. The molecule has 26 heavy (non-hydrogen) atoms. The van der Waals surface area contributed by atoms with Gasteiger partial charge in [-0.25, -0.2) is 4.98 Å². The Hall–Kier alpha value is -2.40. The van der Waals surface area contributed by atoms with E-state index < -0.39 is 0 Å². The molecule has 3 N–H and O–H groups in total. The first-order valence-electron chi connectivity index (χ1n) is 9.01. The monoisotopic (exact) mass is 365 g/mol. The molecule has 0 saturated carbocycles. The number of nitrogen functional groups attached to an aromatic ring is 1. The lowest BCUT2D eigenvalue weighted by atomic mass is 9.87. The lowest BCUT2D eigenvalue weighted by molar-refractivity contribution is 0.103. The Morgan fingerprint density at radius 1 is 1.27 bits per heavy atom. The van der Waals surface area contributed by atoms with Crippen LogP contribution in [-0.2, 0) is 12.8 Å². The van der Waals surface area contributed by atoms with Gasteiger partial charge in [-0.1, -0.05) is 13.0 Å². The fraction of sp³-hybridized carbons (Fsp3) is 0.333. The lowest BCUT2D eigenvalue weighted by Gasteiger charge is -2.20. The molecular formula is C21H23N3OS. The van der Waals surface area contributed by atoms with Crippen LogP contribution in [0, 0.1) is 19.8 Å². The molecule has 0 aliphatic heterocycles. The number of rotatable bonds is 2. The van der Waals surface area contributed by atoms with E-state index >= 15 is 0 Å². The molecule has 0 radical (unpaired) electrons. The summed E-state index contributed by atoms with van der Waals surface area (Å²) in [6.07, 6.45) is 3.22. The van der Waals surface area contributed by atoms with E-state index in [0.29, 0.717) is 16.5 Å². The number of hydrogen-bond donors (Lipinski definition) is 2. The van der Waals surface area contributed by atoms with E-state index in [0.717, 1.165) is 40.0 Å². The van der Waals surface area contributed by atoms with Crippen LogP contribution in [0.3, 0.4) is 0 Å². The van der Waals surface area contributed by atoms with Crippen molar-refractivity contribution in [1.29, 1.82) is 0 Å². The topological polar surface area (TPSA) is 68.0 Å². The standard InChI is InChI=1S/C21H23N3OS/c1-11-4-7-17-14(8-11)10-16-18(22)19(26-21(16)24-17)20(25)23-15-6-5-12(2)13(3)9-15/h5-6,9-11H,4,7-8,22H2,1-3H3,(H,23,25). The summed E-state index contributed by atoms with van der Waals surface area (Å²) in [5.41, 5.74) is 12.4. The molecule has 1 aliphatic rings. The number of thiophene rings is 1. The van der Waals surface area contributed by atoms with Crippen molar-refractivity contribution < 1.29 is 4.79 Å². The summed E-state index contributed by atoms with van der Waals surface area (Å²) in [4.78, 5) is 19.0. The van der Waals surface area contributed by atoms with Gasteiger partial charge in [-0.3, -0.25) is 4.79 Å². The van der Waals surface area contributed by atoms with Gasteiger partial charge in [0, 0.05) is 16.8 Å². The Bertz CT molecular complexity index is 1020. The Labute approximate surface area is 157 Å². The Balaban J connectivity index is 1.68. The van der Waals surface area contributed by atoms with Crippen molar-refractivity contribution in [3.8, 4) is 0 Å². The largest absolute Gasteiger partial charge is 0.397 e. The summed E-state index contributed by atoms with van der Waals surface area (Å²) in [5.74, 6) is 0.509. The van der Waals surface area contributed by atoms with Gasteiger partial charge in [-0.2, -0.15) is 0 Å². The summed E-state index contributed by atoms with van der Waals surface area (Å²) in [7, 11) is 0. The molecule has 4 nitrogen and oxygen atoms in total. The molecule has 0 bridgehead atoms. The van der Waals surface area contributed by atoms with Gasteiger partial charge in [-0.15, -0.1) is 11.3 Å². The first-order valence-corrected chi connectivity index (χ1v) is 9.83. The van der Waals surface area contributed by atoms with Gasteiger partial charge in [0.1, 0.15) is 9.71 Å². The molecule has 1 amide bonds. The predicted octanol–water partition coefficient (Wildman–Crippen LogP) is 4.87. The van der Waals surface area contributed by atoms with Crippen LogP contribution in [-0.4, -0.2) is 10.9 Å². The average molecular weight is 366 g/mol. The van der Waals surface area contributed by atoms with Crippen LogP contribution in [0.1, 0.15) is 45.4 Å². The maximum absolute atomic E-state index is 12.8. The minimum atomic E-state index is -0.167. The van der Waals surface area contributed by atoms with Gasteiger partial charge in [0.15, 0.2) is 0 Å². The SMILES string of the molecule is Cc1ccc(NC(=O)c2sc3nc4c(cc3c2N)CC(C)CC4)cc1C. The molecule has 1 aromatic carbocycles. The first kappa shape index (κ1) is 17.0. The number of anilines is 2. The van der Waals surface area contributed by atoms with Gasteiger partial charge in [0.2, 0.25) is 0 Å². The quantitative estimate of drug-likeness (QED) is 0.680. The summed E-state index contributed by atoms with van der Waals surface area (Å²) < 4.78 is 0. The number of pyridine rings is 1. The summed E-state index contributed by atoms with van der Waals surface area (Å²) >= 11 is 1.38. The molecular weight excluding hydrogens is 342 g/mol. The van der Waals surface area contributed by atoms with Crippen molar-refractivity contribution in [3.05, 3.63) is 51.5 Å². The maximum Gasteiger partial charge on any atom is 0.267 e. The van der Waals surface area contributed by atoms with Gasteiger partial charge >= 0.3 is 0 Å². The molecule has 2 aromatic heterocycles. The normalized spacial score (nSPS) is 16.5. The minimum absolute atomic E-state index is 0.167. The number of carbonyl (C=O) groups excluding carboxylic acids is 1. The van der Waals surface area contributed by atoms with Crippen molar-refractivity contribution in [1.82, 2.24) is 4.98 Å². The fourth-order valence-corrected chi connectivity index (χ4v) is 4.54. The van der Waals surface area contributed by atoms with E-state index in [4.69, 9.17) is 10.7 Å². The summed E-state index contributed by atoms with van der Waals surface area (Å²) in [6, 6.07) is 8.05. The first-order chi connectivity index (χ1) is 12.4. The van der Waals surface area contributed by atoms with Crippen LogP contribution in [0.25, 0.3) is 10.2 Å². The molecule has 0 saturated heterocycles. The van der Waals surface area contributed by atoms with E-state index in [1.807, 2.05) is 25.1 Å². The molecule has 3 aromatic rings. The van der Waals surface area contributed by atoms with Gasteiger partial charge < -0.3 is 11.1 Å². The highest BCUT2D eigenvalue weighted by Gasteiger charge is 2.22. The number of benzene rings is 1. The third kappa shape index (κ3) is 2.97. The van der Waals surface area contributed by atoms with Gasteiger partial charge in [-0.05, 0) is 73.9 Å². The van der Waals surface area contributed by atoms with E-state index in [2.05, 4.69) is 25.2 Å². The molecule has 134 valence electrons. The van der Waals surface area contributed by atoms with Crippen molar-refractivity contribution in [2.75, 3.05) is 11.1 Å². The molecule has 0 spiro atoms. The minimum Gasteiger partial charge on any atom is -0.397 e. The van der Waals surface area contributed by atoms with Gasteiger partial charge in [0.25, 0.3) is 5.91 Å². The number of hydrogen-bond acceptors (Lipinski definition) is 4. The Kier molecular flexibility index (Phi) is 4.19. The zero-order valence-corrected chi connectivity index (χ0v) is 16.2. The zero-order valence-electron chi connectivity index (χ0n) is 15.3. The lowest BCUT2D eigenvalue weighted by Crippen LogP contribution is -2.13. The van der Waals surface area contributed by atoms with Crippen LogP contribution in [0.2, 0.25) is 0 Å². The number of aryl methyl sites for hydroxylation is 3. The van der Waals surface area contributed by atoms with Crippen molar-refractivity contribution in [2.45, 2.75) is 40.0 Å². The molecule has 4 rings (SSSR count). The number of nitrogens with one attached hydrogen (secondary N) is 1.